The first kappa shape index (κ1) is 17.6. The van der Waals surface area contributed by atoms with Gasteiger partial charge in [-0.15, -0.1) is 0 Å². The van der Waals surface area contributed by atoms with Gasteiger partial charge in [0, 0.05) is 24.3 Å². The number of amides is 2. The maximum atomic E-state index is 13.1. The minimum absolute atomic E-state index is 0.0173. The highest BCUT2D eigenvalue weighted by Gasteiger charge is 2.56. The Kier molecular flexibility index (Phi) is 4.13. The van der Waals surface area contributed by atoms with Gasteiger partial charge in [0.1, 0.15) is 11.7 Å². The average Bonchev–Trinajstić information content (AvgIpc) is 3.32. The molecule has 3 aliphatic heterocycles. The van der Waals surface area contributed by atoms with Crippen LogP contribution in [0.1, 0.15) is 49.0 Å². The molecule has 0 spiro atoms. The summed E-state index contributed by atoms with van der Waals surface area (Å²) in [7, 11) is 0. The summed E-state index contributed by atoms with van der Waals surface area (Å²) >= 11 is 0. The van der Waals surface area contributed by atoms with E-state index in [0.29, 0.717) is 11.6 Å². The van der Waals surface area contributed by atoms with Crippen LogP contribution in [-0.4, -0.2) is 56.8 Å². The van der Waals surface area contributed by atoms with Crippen LogP contribution < -0.4 is 5.73 Å². The highest BCUT2D eigenvalue weighted by atomic mass is 16.2. The fourth-order valence-electron chi connectivity index (χ4n) is 5.73. The van der Waals surface area contributed by atoms with Crippen molar-refractivity contribution in [1.29, 1.82) is 5.26 Å². The van der Waals surface area contributed by atoms with Crippen molar-refractivity contribution in [2.24, 2.45) is 17.6 Å². The molecule has 4 fully saturated rings. The summed E-state index contributed by atoms with van der Waals surface area (Å²) in [5.74, 6) is 0.478. The second-order valence-electron chi connectivity index (χ2n) is 8.76. The largest absolute Gasteiger partial charge is 0.331 e. The lowest BCUT2D eigenvalue weighted by molar-refractivity contribution is -0.135. The fraction of sp³-hybridized carbons (Fsp3) is 0.619. The summed E-state index contributed by atoms with van der Waals surface area (Å²) in [5.41, 5.74) is 6.92. The van der Waals surface area contributed by atoms with Crippen LogP contribution in [0.25, 0.3) is 0 Å². The van der Waals surface area contributed by atoms with Crippen molar-refractivity contribution < 1.29 is 9.59 Å². The molecule has 7 nitrogen and oxygen atoms in total. The summed E-state index contributed by atoms with van der Waals surface area (Å²) in [5, 5.41) is 9.38. The maximum absolute atomic E-state index is 13.1. The number of rotatable bonds is 3. The van der Waals surface area contributed by atoms with E-state index < -0.39 is 6.04 Å². The summed E-state index contributed by atoms with van der Waals surface area (Å²) in [6.45, 7) is 0. The SMILES string of the molecule is N#C[C@@H]1C[C@@H]2C[C@@H]2N1C(=O)[C@@H](N)C1CC2CCC(C1)N2C(=O)c1ccccn1. The van der Waals surface area contributed by atoms with Crippen molar-refractivity contribution in [2.45, 2.75) is 68.7 Å². The smallest absolute Gasteiger partial charge is 0.272 e. The summed E-state index contributed by atoms with van der Waals surface area (Å²) in [6.07, 6.45) is 6.86. The highest BCUT2D eigenvalue weighted by molar-refractivity contribution is 5.93. The van der Waals surface area contributed by atoms with E-state index in [1.807, 2.05) is 11.0 Å². The fourth-order valence-corrected chi connectivity index (χ4v) is 5.73. The first-order valence-corrected chi connectivity index (χ1v) is 10.3. The summed E-state index contributed by atoms with van der Waals surface area (Å²) < 4.78 is 0. The second kappa shape index (κ2) is 6.56. The van der Waals surface area contributed by atoms with Crippen LogP contribution in [0.3, 0.4) is 0 Å². The predicted octanol–water partition coefficient (Wildman–Crippen LogP) is 1.31. The Hall–Kier alpha value is -2.46. The third-order valence-electron chi connectivity index (χ3n) is 7.19. The second-order valence-corrected chi connectivity index (χ2v) is 8.76. The van der Waals surface area contributed by atoms with Gasteiger partial charge < -0.3 is 15.5 Å². The van der Waals surface area contributed by atoms with Gasteiger partial charge >= 0.3 is 0 Å². The number of likely N-dealkylation sites (tertiary alicyclic amines) is 1. The van der Waals surface area contributed by atoms with E-state index in [-0.39, 0.29) is 41.9 Å². The van der Waals surface area contributed by atoms with Gasteiger partial charge in [-0.1, -0.05) is 6.07 Å². The molecule has 5 rings (SSSR count). The minimum atomic E-state index is -0.578. The van der Waals surface area contributed by atoms with E-state index >= 15 is 0 Å². The molecule has 0 aromatic carbocycles. The number of aromatic nitrogens is 1. The molecule has 1 aliphatic carbocycles. The zero-order valence-corrected chi connectivity index (χ0v) is 15.8. The molecule has 2 unspecified atom stereocenters. The van der Waals surface area contributed by atoms with Crippen molar-refractivity contribution in [3.05, 3.63) is 30.1 Å². The molecule has 7 heteroatoms. The zero-order valence-electron chi connectivity index (χ0n) is 15.8. The van der Waals surface area contributed by atoms with Gasteiger partial charge in [0.05, 0.1) is 12.1 Å². The molecule has 3 saturated heterocycles. The minimum Gasteiger partial charge on any atom is -0.331 e. The molecule has 0 radical (unpaired) electrons. The number of hydrogen-bond acceptors (Lipinski definition) is 5. The molecule has 146 valence electrons. The van der Waals surface area contributed by atoms with E-state index in [0.717, 1.165) is 38.5 Å². The molecule has 6 atom stereocenters. The zero-order chi connectivity index (χ0) is 19.4. The molecule has 4 heterocycles. The van der Waals surface area contributed by atoms with E-state index in [4.69, 9.17) is 5.73 Å². The van der Waals surface area contributed by atoms with Crippen LogP contribution in [0, 0.1) is 23.2 Å². The van der Waals surface area contributed by atoms with Crippen LogP contribution in [0.5, 0.6) is 0 Å². The molecular weight excluding hydrogens is 354 g/mol. The Morgan fingerprint density at radius 1 is 1.14 bits per heavy atom. The van der Waals surface area contributed by atoms with E-state index in [1.165, 1.54) is 0 Å². The van der Waals surface area contributed by atoms with E-state index in [2.05, 4.69) is 11.1 Å². The van der Waals surface area contributed by atoms with Crippen LogP contribution in [0.15, 0.2) is 24.4 Å². The third-order valence-corrected chi connectivity index (χ3v) is 7.19. The van der Waals surface area contributed by atoms with Crippen molar-refractivity contribution >= 4 is 11.8 Å². The van der Waals surface area contributed by atoms with Gasteiger partial charge in [-0.3, -0.25) is 14.6 Å². The molecule has 2 N–H and O–H groups in total. The number of carbonyl (C=O) groups is 2. The van der Waals surface area contributed by atoms with Crippen LogP contribution in [0.4, 0.5) is 0 Å². The van der Waals surface area contributed by atoms with E-state index in [9.17, 15) is 14.9 Å². The number of fused-ring (bicyclic) bond motifs is 3. The Bertz CT molecular complexity index is 823. The average molecular weight is 379 g/mol. The summed E-state index contributed by atoms with van der Waals surface area (Å²) in [6, 6.07) is 7.24. The van der Waals surface area contributed by atoms with Crippen LogP contribution in [-0.2, 0) is 4.79 Å². The molecular formula is C21H25N5O2. The van der Waals surface area contributed by atoms with Gasteiger partial charge in [0.15, 0.2) is 0 Å². The van der Waals surface area contributed by atoms with Crippen molar-refractivity contribution in [2.75, 3.05) is 0 Å². The lowest BCUT2D eigenvalue weighted by Gasteiger charge is -2.41. The quantitative estimate of drug-likeness (QED) is 0.853. The standard InChI is InChI=1S/C21H25N5O2/c22-11-16-7-12-10-18(12)26(16)21(28)19(23)13-8-14-4-5-15(9-13)25(14)20(27)17-3-1-2-6-24-17/h1-3,6,12-16,18-19H,4-5,7-10,23H2/t12-,13?,14?,15?,16+,18+,19+/m1/s1. The topological polar surface area (TPSA) is 103 Å². The first-order valence-electron chi connectivity index (χ1n) is 10.3. The van der Waals surface area contributed by atoms with E-state index in [1.54, 1.807) is 23.2 Å². The first-order chi connectivity index (χ1) is 13.6. The Morgan fingerprint density at radius 2 is 1.89 bits per heavy atom. The maximum Gasteiger partial charge on any atom is 0.272 e. The number of nitrogens with two attached hydrogens (primary N) is 1. The summed E-state index contributed by atoms with van der Waals surface area (Å²) in [4.78, 5) is 34.0. The monoisotopic (exact) mass is 379 g/mol. The molecule has 1 aromatic heterocycles. The Labute approximate surface area is 164 Å². The molecule has 28 heavy (non-hydrogen) atoms. The Morgan fingerprint density at radius 3 is 2.54 bits per heavy atom. The number of nitriles is 1. The van der Waals surface area contributed by atoms with Gasteiger partial charge in [-0.2, -0.15) is 5.26 Å². The van der Waals surface area contributed by atoms with Crippen LogP contribution >= 0.6 is 0 Å². The number of nitrogens with zero attached hydrogens (tertiary/aromatic N) is 4. The number of piperidine rings is 2. The number of hydrogen-bond donors (Lipinski definition) is 1. The molecule has 4 aliphatic rings. The Balaban J connectivity index is 1.29. The molecule has 1 aromatic rings. The van der Waals surface area contributed by atoms with Gasteiger partial charge in [-0.05, 0) is 62.5 Å². The predicted molar refractivity (Wildman–Crippen MR) is 101 cm³/mol. The lowest BCUT2D eigenvalue weighted by atomic mass is 9.84. The van der Waals surface area contributed by atoms with Crippen molar-refractivity contribution in [3.63, 3.8) is 0 Å². The van der Waals surface area contributed by atoms with Gasteiger partial charge in [0.2, 0.25) is 5.91 Å². The van der Waals surface area contributed by atoms with Gasteiger partial charge in [0.25, 0.3) is 5.91 Å². The van der Waals surface area contributed by atoms with Crippen LogP contribution in [0.2, 0.25) is 0 Å². The molecule has 2 bridgehead atoms. The third kappa shape index (κ3) is 2.70. The van der Waals surface area contributed by atoms with Crippen molar-refractivity contribution in [3.8, 4) is 6.07 Å². The molecule has 2 amide bonds. The molecule has 1 saturated carbocycles. The lowest BCUT2D eigenvalue weighted by Crippen LogP contribution is -2.55. The normalized spacial score (nSPS) is 36.6. The number of pyridine rings is 1. The van der Waals surface area contributed by atoms with Gasteiger partial charge in [-0.25, -0.2) is 0 Å². The van der Waals surface area contributed by atoms with Crippen molar-refractivity contribution in [1.82, 2.24) is 14.8 Å². The highest BCUT2D eigenvalue weighted by Crippen LogP contribution is 2.48. The number of carbonyl (C=O) groups excluding carboxylic acids is 2.